The molecule has 4 heterocycles. The van der Waals surface area contributed by atoms with Crippen molar-refractivity contribution >= 4 is 16.9 Å². The highest BCUT2D eigenvalue weighted by atomic mass is 15.4. The Hall–Kier alpha value is -3.35. The van der Waals surface area contributed by atoms with Crippen LogP contribution in [0.25, 0.3) is 22.3 Å². The quantitative estimate of drug-likeness (QED) is 0.548. The second-order valence-corrected chi connectivity index (χ2v) is 7.24. The summed E-state index contributed by atoms with van der Waals surface area (Å²) in [6.07, 6.45) is 9.80. The fraction of sp³-hybridized carbons (Fsp3) is 0.286. The lowest BCUT2D eigenvalue weighted by Gasteiger charge is -2.33. The zero-order valence-electron chi connectivity index (χ0n) is 15.5. The molecule has 7 nitrogen and oxygen atoms in total. The molecular weight excluding hydrogens is 350 g/mol. The summed E-state index contributed by atoms with van der Waals surface area (Å²) < 4.78 is 1.95. The van der Waals surface area contributed by atoms with Crippen molar-refractivity contribution in [1.82, 2.24) is 29.9 Å². The molecule has 0 radical (unpaired) electrons. The summed E-state index contributed by atoms with van der Waals surface area (Å²) in [7, 11) is 0. The lowest BCUT2D eigenvalue weighted by molar-refractivity contribution is 0.347. The fourth-order valence-corrected chi connectivity index (χ4v) is 3.82. The first-order valence-electron chi connectivity index (χ1n) is 9.62. The minimum atomic E-state index is 0.505. The molecule has 0 bridgehead atoms. The van der Waals surface area contributed by atoms with Crippen LogP contribution in [0.4, 0.5) is 5.82 Å². The van der Waals surface area contributed by atoms with Crippen molar-refractivity contribution in [2.24, 2.45) is 5.92 Å². The van der Waals surface area contributed by atoms with Gasteiger partial charge in [0.2, 0.25) is 0 Å². The van der Waals surface area contributed by atoms with Gasteiger partial charge in [-0.25, -0.2) is 4.98 Å². The van der Waals surface area contributed by atoms with Crippen molar-refractivity contribution in [2.75, 3.05) is 18.0 Å². The van der Waals surface area contributed by atoms with Gasteiger partial charge in [0.15, 0.2) is 0 Å². The summed E-state index contributed by atoms with van der Waals surface area (Å²) in [6, 6.07) is 11.9. The summed E-state index contributed by atoms with van der Waals surface area (Å²) in [6.45, 7) is 2.82. The number of hydrogen-bond acceptors (Lipinski definition) is 6. The number of anilines is 1. The van der Waals surface area contributed by atoms with Crippen LogP contribution >= 0.6 is 0 Å². The van der Waals surface area contributed by atoms with E-state index in [2.05, 4.69) is 25.2 Å². The smallest absolute Gasteiger partial charge is 0.147 e. The second kappa shape index (κ2) is 7.34. The topological polar surface area (TPSA) is 72.6 Å². The van der Waals surface area contributed by atoms with Crippen molar-refractivity contribution in [3.05, 3.63) is 61.2 Å². The summed E-state index contributed by atoms with van der Waals surface area (Å²) in [4.78, 5) is 15.9. The van der Waals surface area contributed by atoms with Crippen molar-refractivity contribution in [3.8, 4) is 11.3 Å². The Bertz CT molecular complexity index is 1080. The molecule has 1 fully saturated rings. The monoisotopic (exact) mass is 371 g/mol. The molecule has 1 aliphatic rings. The first kappa shape index (κ1) is 16.8. The van der Waals surface area contributed by atoms with Crippen LogP contribution in [-0.4, -0.2) is 43.0 Å². The average molecular weight is 371 g/mol. The standard InChI is InChI=1S/C21H21N7/c1-2-8-19-18(7-1)23-12-21(24-19)27-10-4-5-16(13-27)14-28-15-20(25-26-28)17-6-3-9-22-11-17/h1-3,6-9,11-12,15-16H,4-5,10,13-14H2/t16-/m0/s1. The van der Waals surface area contributed by atoms with Gasteiger partial charge in [-0.3, -0.25) is 14.6 Å². The first-order chi connectivity index (χ1) is 13.8. The number of nitrogens with zero attached hydrogens (tertiary/aromatic N) is 7. The largest absolute Gasteiger partial charge is 0.355 e. The molecule has 140 valence electrons. The van der Waals surface area contributed by atoms with E-state index in [-0.39, 0.29) is 0 Å². The molecule has 0 saturated carbocycles. The van der Waals surface area contributed by atoms with Gasteiger partial charge in [-0.2, -0.15) is 0 Å². The maximum Gasteiger partial charge on any atom is 0.147 e. The lowest BCUT2D eigenvalue weighted by Crippen LogP contribution is -2.37. The number of hydrogen-bond donors (Lipinski definition) is 0. The zero-order valence-corrected chi connectivity index (χ0v) is 15.5. The van der Waals surface area contributed by atoms with E-state index in [1.165, 1.54) is 6.42 Å². The van der Waals surface area contributed by atoms with Crippen LogP contribution in [0.5, 0.6) is 0 Å². The van der Waals surface area contributed by atoms with Crippen LogP contribution < -0.4 is 4.90 Å². The van der Waals surface area contributed by atoms with E-state index in [1.807, 2.05) is 59.7 Å². The highest BCUT2D eigenvalue weighted by molar-refractivity contribution is 5.75. The van der Waals surface area contributed by atoms with Crippen LogP contribution in [-0.2, 0) is 6.54 Å². The summed E-state index contributed by atoms with van der Waals surface area (Å²) in [5.41, 5.74) is 3.73. The molecule has 28 heavy (non-hydrogen) atoms. The number of aromatic nitrogens is 6. The lowest BCUT2D eigenvalue weighted by atomic mass is 9.98. The van der Waals surface area contributed by atoms with Crippen LogP contribution in [0.15, 0.2) is 61.2 Å². The highest BCUT2D eigenvalue weighted by Crippen LogP contribution is 2.24. The van der Waals surface area contributed by atoms with Gasteiger partial charge in [0, 0.05) is 37.6 Å². The Morgan fingerprint density at radius 3 is 2.86 bits per heavy atom. The van der Waals surface area contributed by atoms with Crippen LogP contribution in [0.1, 0.15) is 12.8 Å². The Morgan fingerprint density at radius 2 is 1.96 bits per heavy atom. The third kappa shape index (κ3) is 3.43. The molecule has 0 N–H and O–H groups in total. The molecule has 1 saturated heterocycles. The fourth-order valence-electron chi connectivity index (χ4n) is 3.82. The minimum absolute atomic E-state index is 0.505. The van der Waals surface area contributed by atoms with Gasteiger partial charge >= 0.3 is 0 Å². The van der Waals surface area contributed by atoms with E-state index in [0.717, 1.165) is 54.2 Å². The summed E-state index contributed by atoms with van der Waals surface area (Å²) in [5, 5.41) is 8.62. The Labute approximate surface area is 163 Å². The van der Waals surface area contributed by atoms with E-state index in [0.29, 0.717) is 5.92 Å². The van der Waals surface area contributed by atoms with Crippen molar-refractivity contribution < 1.29 is 0 Å². The molecule has 1 atom stereocenters. The molecule has 4 aromatic rings. The van der Waals surface area contributed by atoms with Gasteiger partial charge in [-0.05, 0) is 43.0 Å². The number of para-hydroxylation sites is 2. The Morgan fingerprint density at radius 1 is 1.04 bits per heavy atom. The molecule has 0 amide bonds. The predicted octanol–water partition coefficient (Wildman–Crippen LogP) is 3.20. The Kier molecular flexibility index (Phi) is 4.40. The number of pyridine rings is 1. The van der Waals surface area contributed by atoms with Gasteiger partial charge < -0.3 is 4.90 Å². The summed E-state index contributed by atoms with van der Waals surface area (Å²) >= 11 is 0. The van der Waals surface area contributed by atoms with E-state index in [9.17, 15) is 0 Å². The van der Waals surface area contributed by atoms with Crippen molar-refractivity contribution in [1.29, 1.82) is 0 Å². The number of rotatable bonds is 4. The molecule has 7 heteroatoms. The molecule has 0 unspecified atom stereocenters. The van der Waals surface area contributed by atoms with Crippen LogP contribution in [0, 0.1) is 5.92 Å². The molecule has 1 aromatic carbocycles. The molecule has 0 aliphatic carbocycles. The number of piperidine rings is 1. The molecule has 5 rings (SSSR count). The summed E-state index contributed by atoms with van der Waals surface area (Å²) in [5.74, 6) is 1.46. The van der Waals surface area contributed by atoms with Crippen LogP contribution in [0.2, 0.25) is 0 Å². The maximum absolute atomic E-state index is 4.81. The van der Waals surface area contributed by atoms with E-state index < -0.39 is 0 Å². The van der Waals surface area contributed by atoms with Gasteiger partial charge in [-0.15, -0.1) is 5.10 Å². The predicted molar refractivity (Wildman–Crippen MR) is 108 cm³/mol. The third-order valence-electron chi connectivity index (χ3n) is 5.22. The minimum Gasteiger partial charge on any atom is -0.355 e. The van der Waals surface area contributed by atoms with E-state index in [4.69, 9.17) is 4.98 Å². The van der Waals surface area contributed by atoms with Gasteiger partial charge in [0.25, 0.3) is 0 Å². The molecular formula is C21H21N7. The SMILES string of the molecule is c1cncc(-c2cn(C[C@H]3CCCN(c4cnc5ccccc5n4)C3)nn2)c1. The maximum atomic E-state index is 4.81. The second-order valence-electron chi connectivity index (χ2n) is 7.24. The average Bonchev–Trinajstić information content (AvgIpc) is 3.23. The zero-order chi connectivity index (χ0) is 18.8. The van der Waals surface area contributed by atoms with E-state index in [1.54, 1.807) is 6.20 Å². The highest BCUT2D eigenvalue weighted by Gasteiger charge is 2.22. The molecule has 1 aliphatic heterocycles. The van der Waals surface area contributed by atoms with Crippen molar-refractivity contribution in [2.45, 2.75) is 19.4 Å². The van der Waals surface area contributed by atoms with Crippen LogP contribution in [0.3, 0.4) is 0 Å². The molecule has 3 aromatic heterocycles. The molecule has 0 spiro atoms. The van der Waals surface area contributed by atoms with Crippen molar-refractivity contribution in [3.63, 3.8) is 0 Å². The van der Waals surface area contributed by atoms with E-state index >= 15 is 0 Å². The Balaban J connectivity index is 1.30. The number of fused-ring (bicyclic) bond motifs is 1. The van der Waals surface area contributed by atoms with Gasteiger partial charge in [-0.1, -0.05) is 17.3 Å². The van der Waals surface area contributed by atoms with Gasteiger partial charge in [0.1, 0.15) is 11.5 Å². The third-order valence-corrected chi connectivity index (χ3v) is 5.22. The van der Waals surface area contributed by atoms with Gasteiger partial charge in [0.05, 0.1) is 23.4 Å². The first-order valence-corrected chi connectivity index (χ1v) is 9.62. The number of benzene rings is 1. The normalized spacial score (nSPS) is 17.1.